The van der Waals surface area contributed by atoms with E-state index in [0.29, 0.717) is 12.5 Å². The van der Waals surface area contributed by atoms with Crippen molar-refractivity contribution in [3.05, 3.63) is 29.7 Å². The predicted octanol–water partition coefficient (Wildman–Crippen LogP) is 1.39. The van der Waals surface area contributed by atoms with Gasteiger partial charge in [-0.2, -0.15) is 0 Å². The minimum Gasteiger partial charge on any atom is -0.325 e. The van der Waals surface area contributed by atoms with Gasteiger partial charge in [-0.1, -0.05) is 13.0 Å². The molecule has 19 heavy (non-hydrogen) atoms. The van der Waals surface area contributed by atoms with E-state index in [1.807, 2.05) is 12.1 Å². The Kier molecular flexibility index (Phi) is 3.48. The highest BCUT2D eigenvalue weighted by Gasteiger charge is 2.24. The van der Waals surface area contributed by atoms with Gasteiger partial charge in [-0.15, -0.1) is 10.2 Å². The zero-order valence-electron chi connectivity index (χ0n) is 11.4. The van der Waals surface area contributed by atoms with E-state index in [1.165, 1.54) is 0 Å². The van der Waals surface area contributed by atoms with Crippen LogP contribution in [0, 0.1) is 0 Å². The fourth-order valence-corrected chi connectivity index (χ4v) is 2.96. The lowest BCUT2D eigenvalue weighted by Crippen LogP contribution is -2.33. The summed E-state index contributed by atoms with van der Waals surface area (Å²) in [7, 11) is 0. The van der Waals surface area contributed by atoms with Crippen LogP contribution in [0.1, 0.15) is 37.2 Å². The number of nitrogens with zero attached hydrogens (tertiary/aromatic N) is 4. The molecule has 5 heteroatoms. The Balaban J connectivity index is 1.93. The Hall–Kier alpha value is -1.46. The van der Waals surface area contributed by atoms with Crippen LogP contribution in [0.25, 0.3) is 5.65 Å². The molecule has 0 saturated carbocycles. The molecule has 2 aromatic heterocycles. The molecule has 1 aliphatic rings. The van der Waals surface area contributed by atoms with Gasteiger partial charge in [0, 0.05) is 18.2 Å². The average Bonchev–Trinajstić information content (AvgIpc) is 2.91. The van der Waals surface area contributed by atoms with Crippen LogP contribution in [-0.4, -0.2) is 39.1 Å². The number of likely N-dealkylation sites (tertiary alicyclic amines) is 1. The van der Waals surface area contributed by atoms with E-state index in [2.05, 4.69) is 32.5 Å². The molecule has 0 atom stereocenters. The standard InChI is InChI=1S/C14H21N5/c1-2-18-8-6-11(7-9-18)14-17-16-13-5-3-4-12(10-15)19(13)14/h3-5,11H,2,6-10,15H2,1H3. The van der Waals surface area contributed by atoms with E-state index in [0.717, 1.165) is 49.6 Å². The SMILES string of the molecule is CCN1CCC(c2nnc3cccc(CN)n23)CC1. The highest BCUT2D eigenvalue weighted by molar-refractivity contribution is 5.40. The van der Waals surface area contributed by atoms with Crippen molar-refractivity contribution in [2.45, 2.75) is 32.2 Å². The van der Waals surface area contributed by atoms with E-state index in [-0.39, 0.29) is 0 Å². The van der Waals surface area contributed by atoms with Crippen molar-refractivity contribution in [3.63, 3.8) is 0 Å². The first-order valence-electron chi connectivity index (χ1n) is 7.08. The summed E-state index contributed by atoms with van der Waals surface area (Å²) < 4.78 is 2.15. The highest BCUT2D eigenvalue weighted by atomic mass is 15.3. The molecule has 0 radical (unpaired) electrons. The van der Waals surface area contributed by atoms with Crippen LogP contribution in [0.15, 0.2) is 18.2 Å². The van der Waals surface area contributed by atoms with Gasteiger partial charge in [0.2, 0.25) is 0 Å². The Morgan fingerprint density at radius 3 is 2.74 bits per heavy atom. The van der Waals surface area contributed by atoms with E-state index in [1.54, 1.807) is 0 Å². The Bertz CT molecular complexity index is 554. The van der Waals surface area contributed by atoms with Crippen molar-refractivity contribution in [1.82, 2.24) is 19.5 Å². The minimum atomic E-state index is 0.505. The molecule has 3 rings (SSSR count). The lowest BCUT2D eigenvalue weighted by atomic mass is 9.96. The number of pyridine rings is 1. The van der Waals surface area contributed by atoms with Crippen molar-refractivity contribution in [2.75, 3.05) is 19.6 Å². The summed E-state index contributed by atoms with van der Waals surface area (Å²) in [5.74, 6) is 1.59. The molecule has 0 bridgehead atoms. The molecule has 5 nitrogen and oxygen atoms in total. The van der Waals surface area contributed by atoms with Gasteiger partial charge in [0.1, 0.15) is 5.82 Å². The third-order valence-corrected chi connectivity index (χ3v) is 4.14. The molecular weight excluding hydrogens is 238 g/mol. The number of aromatic nitrogens is 3. The van der Waals surface area contributed by atoms with E-state index >= 15 is 0 Å². The summed E-state index contributed by atoms with van der Waals surface area (Å²) in [5.41, 5.74) is 7.84. The van der Waals surface area contributed by atoms with Gasteiger partial charge in [-0.3, -0.25) is 4.40 Å². The molecule has 1 saturated heterocycles. The van der Waals surface area contributed by atoms with Crippen LogP contribution in [0.5, 0.6) is 0 Å². The van der Waals surface area contributed by atoms with Crippen LogP contribution >= 0.6 is 0 Å². The van der Waals surface area contributed by atoms with Crippen LogP contribution in [-0.2, 0) is 6.54 Å². The maximum Gasteiger partial charge on any atom is 0.161 e. The molecule has 1 fully saturated rings. The topological polar surface area (TPSA) is 59.5 Å². The first kappa shape index (κ1) is 12.6. The summed E-state index contributed by atoms with van der Waals surface area (Å²) >= 11 is 0. The number of rotatable bonds is 3. The van der Waals surface area contributed by atoms with Gasteiger partial charge in [0.25, 0.3) is 0 Å². The van der Waals surface area contributed by atoms with Crippen molar-refractivity contribution in [1.29, 1.82) is 0 Å². The number of fused-ring (bicyclic) bond motifs is 1. The summed E-state index contributed by atoms with van der Waals surface area (Å²) in [6, 6.07) is 6.05. The number of piperidine rings is 1. The van der Waals surface area contributed by atoms with Crippen LogP contribution in [0.4, 0.5) is 0 Å². The fraction of sp³-hybridized carbons (Fsp3) is 0.571. The first-order chi connectivity index (χ1) is 9.33. The smallest absolute Gasteiger partial charge is 0.161 e. The molecular formula is C14H21N5. The second kappa shape index (κ2) is 5.27. The van der Waals surface area contributed by atoms with Crippen LogP contribution < -0.4 is 5.73 Å². The van der Waals surface area contributed by atoms with E-state index in [4.69, 9.17) is 5.73 Å². The zero-order chi connectivity index (χ0) is 13.2. The molecule has 0 spiro atoms. The number of nitrogens with two attached hydrogens (primary N) is 1. The highest BCUT2D eigenvalue weighted by Crippen LogP contribution is 2.27. The second-order valence-corrected chi connectivity index (χ2v) is 5.18. The quantitative estimate of drug-likeness (QED) is 0.905. The Morgan fingerprint density at radius 2 is 2.05 bits per heavy atom. The van der Waals surface area contributed by atoms with Gasteiger partial charge in [-0.25, -0.2) is 0 Å². The fourth-order valence-electron chi connectivity index (χ4n) is 2.96. The van der Waals surface area contributed by atoms with Gasteiger partial charge < -0.3 is 10.6 Å². The molecule has 0 aromatic carbocycles. The number of hydrogen-bond acceptors (Lipinski definition) is 4. The lowest BCUT2D eigenvalue weighted by molar-refractivity contribution is 0.218. The van der Waals surface area contributed by atoms with E-state index < -0.39 is 0 Å². The zero-order valence-corrected chi connectivity index (χ0v) is 11.4. The summed E-state index contributed by atoms with van der Waals surface area (Å²) in [6.45, 7) is 6.19. The first-order valence-corrected chi connectivity index (χ1v) is 7.08. The van der Waals surface area contributed by atoms with Crippen molar-refractivity contribution in [3.8, 4) is 0 Å². The molecule has 1 aliphatic heterocycles. The van der Waals surface area contributed by atoms with Crippen molar-refractivity contribution in [2.24, 2.45) is 5.73 Å². The van der Waals surface area contributed by atoms with Gasteiger partial charge in [0.05, 0.1) is 0 Å². The Morgan fingerprint density at radius 1 is 1.26 bits per heavy atom. The van der Waals surface area contributed by atoms with Gasteiger partial charge >= 0.3 is 0 Å². The normalized spacial score (nSPS) is 18.2. The van der Waals surface area contributed by atoms with Crippen LogP contribution in [0.3, 0.4) is 0 Å². The van der Waals surface area contributed by atoms with Gasteiger partial charge in [-0.05, 0) is 44.6 Å². The molecule has 0 amide bonds. The summed E-state index contributed by atoms with van der Waals surface area (Å²) in [6.07, 6.45) is 2.32. The maximum absolute atomic E-state index is 5.83. The summed E-state index contributed by atoms with van der Waals surface area (Å²) in [5, 5.41) is 8.70. The lowest BCUT2D eigenvalue weighted by Gasteiger charge is -2.30. The molecule has 0 unspecified atom stereocenters. The molecule has 2 N–H and O–H groups in total. The molecule has 102 valence electrons. The summed E-state index contributed by atoms with van der Waals surface area (Å²) in [4.78, 5) is 2.49. The maximum atomic E-state index is 5.83. The minimum absolute atomic E-state index is 0.505. The van der Waals surface area contributed by atoms with Crippen molar-refractivity contribution < 1.29 is 0 Å². The average molecular weight is 259 g/mol. The third-order valence-electron chi connectivity index (χ3n) is 4.14. The third kappa shape index (κ3) is 2.24. The molecule has 0 aliphatic carbocycles. The largest absolute Gasteiger partial charge is 0.325 e. The van der Waals surface area contributed by atoms with Crippen LogP contribution in [0.2, 0.25) is 0 Å². The second-order valence-electron chi connectivity index (χ2n) is 5.18. The van der Waals surface area contributed by atoms with E-state index in [9.17, 15) is 0 Å². The Labute approximate surface area is 113 Å². The van der Waals surface area contributed by atoms with Crippen molar-refractivity contribution >= 4 is 5.65 Å². The monoisotopic (exact) mass is 259 g/mol. The molecule has 2 aromatic rings. The predicted molar refractivity (Wildman–Crippen MR) is 75.0 cm³/mol. The van der Waals surface area contributed by atoms with Gasteiger partial charge in [0.15, 0.2) is 5.65 Å². The number of hydrogen-bond donors (Lipinski definition) is 1. The molecule has 3 heterocycles.